The van der Waals surface area contributed by atoms with Crippen molar-refractivity contribution in [3.05, 3.63) is 29.6 Å². The van der Waals surface area contributed by atoms with Crippen LogP contribution in [0.5, 0.6) is 5.75 Å². The number of benzene rings is 1. The highest BCUT2D eigenvalue weighted by molar-refractivity contribution is 6.17. The van der Waals surface area contributed by atoms with Gasteiger partial charge in [0.15, 0.2) is 0 Å². The lowest BCUT2D eigenvalue weighted by atomic mass is 10.0. The highest BCUT2D eigenvalue weighted by atomic mass is 35.5. The van der Waals surface area contributed by atoms with Crippen LogP contribution in [0.2, 0.25) is 0 Å². The molecule has 0 spiro atoms. The van der Waals surface area contributed by atoms with Gasteiger partial charge in [0.1, 0.15) is 17.7 Å². The molecular weight excluding hydrogens is 235 g/mol. The number of aliphatic hydroxyl groups is 2. The number of halogens is 2. The Morgan fingerprint density at radius 1 is 1.44 bits per heavy atom. The van der Waals surface area contributed by atoms with Gasteiger partial charge < -0.3 is 14.9 Å². The smallest absolute Gasteiger partial charge is 0.132 e. The highest BCUT2D eigenvalue weighted by Gasteiger charge is 2.21. The number of methoxy groups -OCH3 is 1. The van der Waals surface area contributed by atoms with E-state index in [1.165, 1.54) is 19.2 Å². The maximum absolute atomic E-state index is 13.5. The molecule has 0 aliphatic carbocycles. The van der Waals surface area contributed by atoms with Crippen LogP contribution in [0.1, 0.15) is 18.1 Å². The van der Waals surface area contributed by atoms with E-state index in [2.05, 4.69) is 0 Å². The number of ether oxygens (including phenoxy) is 1. The fraction of sp³-hybridized carbons (Fsp3) is 0.455. The molecule has 0 bridgehead atoms. The highest BCUT2D eigenvalue weighted by Crippen LogP contribution is 2.25. The molecule has 16 heavy (non-hydrogen) atoms. The second-order valence-corrected chi connectivity index (χ2v) is 3.76. The average Bonchev–Trinajstić information content (AvgIpc) is 2.28. The van der Waals surface area contributed by atoms with Crippen LogP contribution in [-0.4, -0.2) is 29.3 Å². The Morgan fingerprint density at radius 3 is 2.62 bits per heavy atom. The van der Waals surface area contributed by atoms with Gasteiger partial charge in [-0.2, -0.15) is 0 Å². The Morgan fingerprint density at radius 2 is 2.12 bits per heavy atom. The summed E-state index contributed by atoms with van der Waals surface area (Å²) in [5.41, 5.74) is 0.0402. The molecule has 0 radical (unpaired) electrons. The second-order valence-electron chi connectivity index (χ2n) is 3.38. The zero-order valence-corrected chi connectivity index (χ0v) is 9.62. The van der Waals surface area contributed by atoms with Gasteiger partial charge >= 0.3 is 0 Å². The molecule has 5 heteroatoms. The Kier molecular flexibility index (Phi) is 4.99. The van der Waals surface area contributed by atoms with Crippen molar-refractivity contribution in [1.29, 1.82) is 0 Å². The molecule has 1 aromatic rings. The summed E-state index contributed by atoms with van der Waals surface area (Å²) >= 11 is 5.43. The number of hydrogen-bond donors (Lipinski definition) is 2. The molecule has 0 aliphatic heterocycles. The van der Waals surface area contributed by atoms with E-state index in [-0.39, 0.29) is 17.9 Å². The minimum atomic E-state index is -1.27. The van der Waals surface area contributed by atoms with Gasteiger partial charge in [-0.15, -0.1) is 11.6 Å². The molecule has 3 nitrogen and oxygen atoms in total. The fourth-order valence-electron chi connectivity index (χ4n) is 1.35. The van der Waals surface area contributed by atoms with Gasteiger partial charge in [0, 0.05) is 17.5 Å². The van der Waals surface area contributed by atoms with Crippen molar-refractivity contribution in [2.45, 2.75) is 18.6 Å². The van der Waals surface area contributed by atoms with E-state index in [0.29, 0.717) is 5.75 Å². The molecule has 2 unspecified atom stereocenters. The van der Waals surface area contributed by atoms with Gasteiger partial charge in [-0.05, 0) is 18.6 Å². The maximum atomic E-state index is 13.5. The molecule has 0 saturated carbocycles. The first-order valence-corrected chi connectivity index (χ1v) is 5.39. The molecule has 0 saturated heterocycles. The molecule has 0 heterocycles. The van der Waals surface area contributed by atoms with Crippen molar-refractivity contribution in [3.8, 4) is 5.75 Å². The molecule has 2 N–H and O–H groups in total. The first-order chi connectivity index (χ1) is 7.60. The number of hydrogen-bond acceptors (Lipinski definition) is 3. The summed E-state index contributed by atoms with van der Waals surface area (Å²) in [5, 5.41) is 19.2. The van der Waals surface area contributed by atoms with Crippen LogP contribution >= 0.6 is 11.6 Å². The first kappa shape index (κ1) is 13.2. The van der Waals surface area contributed by atoms with Crippen molar-refractivity contribution in [1.82, 2.24) is 0 Å². The van der Waals surface area contributed by atoms with Crippen LogP contribution in [0.4, 0.5) is 4.39 Å². The summed E-state index contributed by atoms with van der Waals surface area (Å²) in [4.78, 5) is 0. The van der Waals surface area contributed by atoms with Crippen molar-refractivity contribution < 1.29 is 19.3 Å². The van der Waals surface area contributed by atoms with Crippen LogP contribution in [0.15, 0.2) is 18.2 Å². The van der Waals surface area contributed by atoms with Crippen LogP contribution in [0.3, 0.4) is 0 Å². The number of aliphatic hydroxyl groups excluding tert-OH is 2. The Hall–Kier alpha value is -0.840. The van der Waals surface area contributed by atoms with Crippen molar-refractivity contribution >= 4 is 11.6 Å². The summed E-state index contributed by atoms with van der Waals surface area (Å²) in [6.45, 7) is 0. The molecule has 0 aromatic heterocycles. The van der Waals surface area contributed by atoms with Crippen LogP contribution in [-0.2, 0) is 0 Å². The van der Waals surface area contributed by atoms with E-state index in [1.807, 2.05) is 0 Å². The lowest BCUT2D eigenvalue weighted by Crippen LogP contribution is -2.19. The monoisotopic (exact) mass is 248 g/mol. The molecule has 1 rings (SSSR count). The molecule has 0 aliphatic rings. The fourth-order valence-corrected chi connectivity index (χ4v) is 1.58. The van der Waals surface area contributed by atoms with Gasteiger partial charge in [0.05, 0.1) is 13.2 Å². The van der Waals surface area contributed by atoms with E-state index in [0.717, 1.165) is 6.07 Å². The van der Waals surface area contributed by atoms with E-state index in [1.54, 1.807) is 0 Å². The molecule has 90 valence electrons. The topological polar surface area (TPSA) is 49.7 Å². The van der Waals surface area contributed by atoms with E-state index in [9.17, 15) is 14.6 Å². The Labute approximate surface area is 98.4 Å². The van der Waals surface area contributed by atoms with Crippen molar-refractivity contribution in [2.75, 3.05) is 13.0 Å². The van der Waals surface area contributed by atoms with Gasteiger partial charge in [-0.25, -0.2) is 4.39 Å². The SMILES string of the molecule is COc1ccc(C(O)C(O)CCCl)c(F)c1. The Balaban J connectivity index is 2.87. The minimum absolute atomic E-state index is 0.0402. The molecule has 0 amide bonds. The van der Waals surface area contributed by atoms with Crippen LogP contribution < -0.4 is 4.74 Å². The van der Waals surface area contributed by atoms with Crippen molar-refractivity contribution in [3.63, 3.8) is 0 Å². The summed E-state index contributed by atoms with van der Waals surface area (Å²) in [7, 11) is 1.42. The average molecular weight is 249 g/mol. The molecule has 2 atom stereocenters. The number of rotatable bonds is 5. The zero-order valence-electron chi connectivity index (χ0n) is 8.86. The summed E-state index contributed by atoms with van der Waals surface area (Å²) in [6.07, 6.45) is -2.14. The van der Waals surface area contributed by atoms with Gasteiger partial charge in [0.25, 0.3) is 0 Å². The van der Waals surface area contributed by atoms with Gasteiger partial charge in [-0.1, -0.05) is 0 Å². The third-order valence-corrected chi connectivity index (χ3v) is 2.51. The van der Waals surface area contributed by atoms with E-state index in [4.69, 9.17) is 16.3 Å². The predicted octanol–water partition coefficient (Wildman–Crippen LogP) is 1.86. The maximum Gasteiger partial charge on any atom is 0.132 e. The quantitative estimate of drug-likeness (QED) is 0.782. The first-order valence-electron chi connectivity index (χ1n) is 4.85. The third-order valence-electron chi connectivity index (χ3n) is 2.30. The molecule has 1 aromatic carbocycles. The molecule has 0 fully saturated rings. The van der Waals surface area contributed by atoms with Crippen molar-refractivity contribution in [2.24, 2.45) is 0 Å². The van der Waals surface area contributed by atoms with Gasteiger partial charge in [0.2, 0.25) is 0 Å². The minimum Gasteiger partial charge on any atom is -0.497 e. The summed E-state index contributed by atoms with van der Waals surface area (Å²) in [5.74, 6) is -0.0449. The van der Waals surface area contributed by atoms with E-state index >= 15 is 0 Å². The van der Waals surface area contributed by atoms with Crippen LogP contribution in [0.25, 0.3) is 0 Å². The second kappa shape index (κ2) is 6.03. The lowest BCUT2D eigenvalue weighted by Gasteiger charge is -2.18. The standard InChI is InChI=1S/C11H14ClFO3/c1-16-7-2-3-8(9(13)6-7)11(15)10(14)4-5-12/h2-3,6,10-11,14-15H,4-5H2,1H3. The summed E-state index contributed by atoms with van der Waals surface area (Å²) in [6, 6.07) is 4.07. The largest absolute Gasteiger partial charge is 0.497 e. The van der Waals surface area contributed by atoms with Crippen LogP contribution in [0, 0.1) is 5.82 Å². The number of alkyl halides is 1. The lowest BCUT2D eigenvalue weighted by molar-refractivity contribution is 0.0149. The predicted molar refractivity (Wildman–Crippen MR) is 59.3 cm³/mol. The third kappa shape index (κ3) is 3.07. The normalized spacial score (nSPS) is 14.6. The summed E-state index contributed by atoms with van der Waals surface area (Å²) < 4.78 is 18.3. The molecular formula is C11H14ClFO3. The van der Waals surface area contributed by atoms with E-state index < -0.39 is 18.0 Å². The zero-order chi connectivity index (χ0) is 12.1. The van der Waals surface area contributed by atoms with Gasteiger partial charge in [-0.3, -0.25) is 0 Å². The Bertz CT molecular complexity index is 346.